The Kier molecular flexibility index (Phi) is 3.61. The molecule has 4 heteroatoms. The Bertz CT molecular complexity index is 621. The van der Waals surface area contributed by atoms with Crippen LogP contribution in [0.25, 0.3) is 0 Å². The Morgan fingerprint density at radius 2 is 1.68 bits per heavy atom. The largest absolute Gasteiger partial charge is 0.504 e. The van der Waals surface area contributed by atoms with Gasteiger partial charge >= 0.3 is 0 Å². The first kappa shape index (κ1) is 12.8. The van der Waals surface area contributed by atoms with E-state index in [2.05, 4.69) is 0 Å². The van der Waals surface area contributed by atoms with Gasteiger partial charge in [-0.3, -0.25) is 4.79 Å². The number of Topliss-reactive ketones (excluding diaryl/α,β-unsaturated/α-hetero) is 1. The molecule has 0 spiro atoms. The highest BCUT2D eigenvalue weighted by molar-refractivity contribution is 6.45. The second-order valence-corrected chi connectivity index (χ2v) is 4.17. The van der Waals surface area contributed by atoms with E-state index in [4.69, 9.17) is 5.41 Å². The molecule has 0 aliphatic heterocycles. The van der Waals surface area contributed by atoms with Crippen LogP contribution >= 0.6 is 0 Å². The van der Waals surface area contributed by atoms with Crippen molar-refractivity contribution in [3.05, 3.63) is 59.7 Å². The number of hydrogen-bond acceptors (Lipinski definition) is 4. The van der Waals surface area contributed by atoms with Gasteiger partial charge in [0, 0.05) is 12.0 Å². The molecule has 3 N–H and O–H groups in total. The molecule has 0 radical (unpaired) electrons. The molecule has 0 amide bonds. The summed E-state index contributed by atoms with van der Waals surface area (Å²) in [7, 11) is 0. The number of hydrogen-bond donors (Lipinski definition) is 3. The van der Waals surface area contributed by atoms with Crippen molar-refractivity contribution < 1.29 is 15.0 Å². The maximum atomic E-state index is 12.0. The average Bonchev–Trinajstić information content (AvgIpc) is 2.43. The van der Waals surface area contributed by atoms with Gasteiger partial charge in [0.25, 0.3) is 0 Å². The molecule has 2 aromatic rings. The van der Waals surface area contributed by atoms with Gasteiger partial charge in [0.15, 0.2) is 11.5 Å². The molecule has 0 heterocycles. The Morgan fingerprint density at radius 3 is 2.32 bits per heavy atom. The lowest BCUT2D eigenvalue weighted by atomic mass is 10.0. The molecule has 0 bridgehead atoms. The third-order valence-corrected chi connectivity index (χ3v) is 2.73. The van der Waals surface area contributed by atoms with Crippen LogP contribution in [0, 0.1) is 5.41 Å². The number of nitrogens with one attached hydrogen (secondary N) is 1. The monoisotopic (exact) mass is 255 g/mol. The molecule has 0 unspecified atom stereocenters. The lowest BCUT2D eigenvalue weighted by molar-refractivity contribution is 0.106. The number of phenolic OH excluding ortho intramolecular Hbond substituents is 2. The highest BCUT2D eigenvalue weighted by atomic mass is 16.3. The Morgan fingerprint density at radius 1 is 1.00 bits per heavy atom. The fraction of sp³-hybridized carbons (Fsp3) is 0.0667. The van der Waals surface area contributed by atoms with E-state index in [1.807, 2.05) is 0 Å². The van der Waals surface area contributed by atoms with E-state index < -0.39 is 0 Å². The van der Waals surface area contributed by atoms with E-state index in [0.717, 1.165) is 0 Å². The Labute approximate surface area is 110 Å². The molecule has 0 saturated carbocycles. The van der Waals surface area contributed by atoms with E-state index in [9.17, 15) is 15.0 Å². The number of carbonyl (C=O) groups is 1. The van der Waals surface area contributed by atoms with E-state index in [0.29, 0.717) is 11.1 Å². The van der Waals surface area contributed by atoms with Crippen LogP contribution in [0.4, 0.5) is 0 Å². The molecule has 96 valence electrons. The molecule has 0 aromatic heterocycles. The third kappa shape index (κ3) is 2.98. The smallest absolute Gasteiger partial charge is 0.206 e. The lowest BCUT2D eigenvalue weighted by Crippen LogP contribution is -2.15. The first-order valence-corrected chi connectivity index (χ1v) is 5.76. The molecule has 0 atom stereocenters. The van der Waals surface area contributed by atoms with Crippen molar-refractivity contribution in [2.45, 2.75) is 6.42 Å². The van der Waals surface area contributed by atoms with Gasteiger partial charge in [-0.25, -0.2) is 0 Å². The molecule has 0 aliphatic carbocycles. The van der Waals surface area contributed by atoms with Gasteiger partial charge in [-0.15, -0.1) is 0 Å². The zero-order valence-electron chi connectivity index (χ0n) is 10.1. The van der Waals surface area contributed by atoms with Gasteiger partial charge < -0.3 is 15.6 Å². The Hall–Kier alpha value is -2.62. The van der Waals surface area contributed by atoms with E-state index in [1.54, 1.807) is 36.4 Å². The van der Waals surface area contributed by atoms with Gasteiger partial charge in [-0.2, -0.15) is 0 Å². The second kappa shape index (κ2) is 5.35. The van der Waals surface area contributed by atoms with Crippen LogP contribution in [0.1, 0.15) is 15.9 Å². The van der Waals surface area contributed by atoms with Gasteiger partial charge in [-0.05, 0) is 17.7 Å². The van der Waals surface area contributed by atoms with Crippen LogP contribution in [0.3, 0.4) is 0 Å². The summed E-state index contributed by atoms with van der Waals surface area (Å²) in [6.45, 7) is 0. The highest BCUT2D eigenvalue weighted by Crippen LogP contribution is 2.25. The highest BCUT2D eigenvalue weighted by Gasteiger charge is 2.13. The summed E-state index contributed by atoms with van der Waals surface area (Å²) in [6, 6.07) is 12.9. The van der Waals surface area contributed by atoms with Crippen LogP contribution < -0.4 is 0 Å². The van der Waals surface area contributed by atoms with Crippen molar-refractivity contribution in [3.8, 4) is 11.5 Å². The number of rotatable bonds is 4. The molecular formula is C15H13NO3. The maximum Gasteiger partial charge on any atom is 0.206 e. The van der Waals surface area contributed by atoms with Gasteiger partial charge in [0.2, 0.25) is 5.78 Å². The molecule has 0 fully saturated rings. The molecule has 2 aromatic carbocycles. The average molecular weight is 255 g/mol. The predicted octanol–water partition coefficient (Wildman–Crippen LogP) is 2.54. The quantitative estimate of drug-likeness (QED) is 0.446. The zero-order chi connectivity index (χ0) is 13.8. The predicted molar refractivity (Wildman–Crippen MR) is 72.0 cm³/mol. The molecule has 19 heavy (non-hydrogen) atoms. The number of benzene rings is 2. The van der Waals surface area contributed by atoms with Crippen LogP contribution in [0.2, 0.25) is 0 Å². The van der Waals surface area contributed by atoms with E-state index >= 15 is 0 Å². The summed E-state index contributed by atoms with van der Waals surface area (Å²) < 4.78 is 0. The van der Waals surface area contributed by atoms with Crippen molar-refractivity contribution in [2.24, 2.45) is 0 Å². The van der Waals surface area contributed by atoms with Crippen molar-refractivity contribution in [1.82, 2.24) is 0 Å². The molecule has 0 saturated heterocycles. The van der Waals surface area contributed by atoms with Gasteiger partial charge in [0.05, 0.1) is 5.71 Å². The number of carbonyl (C=O) groups excluding carboxylic acids is 1. The molecule has 2 rings (SSSR count). The van der Waals surface area contributed by atoms with Crippen LogP contribution in [-0.2, 0) is 6.42 Å². The van der Waals surface area contributed by atoms with Crippen LogP contribution in [-0.4, -0.2) is 21.7 Å². The van der Waals surface area contributed by atoms with E-state index in [-0.39, 0.29) is 29.4 Å². The fourth-order valence-corrected chi connectivity index (χ4v) is 1.73. The van der Waals surface area contributed by atoms with E-state index in [1.165, 1.54) is 12.1 Å². The fourth-order valence-electron chi connectivity index (χ4n) is 1.73. The summed E-state index contributed by atoms with van der Waals surface area (Å²) in [6.07, 6.45) is 0.113. The summed E-state index contributed by atoms with van der Waals surface area (Å²) >= 11 is 0. The maximum absolute atomic E-state index is 12.0. The second-order valence-electron chi connectivity index (χ2n) is 4.17. The SMILES string of the molecule is N=C(Cc1ccc(O)c(O)c1)C(=O)c1ccccc1. The number of ketones is 1. The standard InChI is InChI=1S/C15H13NO3/c16-12(15(19)11-4-2-1-3-5-11)8-10-6-7-13(17)14(18)9-10/h1-7,9,16-18H,8H2. The minimum atomic E-state index is -0.340. The summed E-state index contributed by atoms with van der Waals surface area (Å²) in [4.78, 5) is 12.0. The first-order chi connectivity index (χ1) is 9.08. The van der Waals surface area contributed by atoms with Crippen LogP contribution in [0.5, 0.6) is 11.5 Å². The topological polar surface area (TPSA) is 81.4 Å². The number of phenols is 2. The normalized spacial score (nSPS) is 10.1. The van der Waals surface area contributed by atoms with Gasteiger partial charge in [-0.1, -0.05) is 36.4 Å². The summed E-state index contributed by atoms with van der Waals surface area (Å²) in [5, 5.41) is 26.4. The number of aromatic hydroxyl groups is 2. The third-order valence-electron chi connectivity index (χ3n) is 2.73. The minimum Gasteiger partial charge on any atom is -0.504 e. The molecule has 4 nitrogen and oxygen atoms in total. The molecule has 0 aliphatic rings. The van der Waals surface area contributed by atoms with Crippen molar-refractivity contribution in [3.63, 3.8) is 0 Å². The van der Waals surface area contributed by atoms with Gasteiger partial charge in [0.1, 0.15) is 0 Å². The van der Waals surface area contributed by atoms with Crippen molar-refractivity contribution in [1.29, 1.82) is 5.41 Å². The first-order valence-electron chi connectivity index (χ1n) is 5.76. The summed E-state index contributed by atoms with van der Waals surface area (Å²) in [5.41, 5.74) is 1.01. The van der Waals surface area contributed by atoms with Crippen molar-refractivity contribution in [2.75, 3.05) is 0 Å². The van der Waals surface area contributed by atoms with Crippen molar-refractivity contribution >= 4 is 11.5 Å². The minimum absolute atomic E-state index is 0.0590. The molecular weight excluding hydrogens is 242 g/mol. The zero-order valence-corrected chi connectivity index (χ0v) is 10.1. The summed E-state index contributed by atoms with van der Waals surface area (Å²) in [5.74, 6) is -0.810. The Balaban J connectivity index is 2.13. The van der Waals surface area contributed by atoms with Crippen LogP contribution in [0.15, 0.2) is 48.5 Å². The lowest BCUT2D eigenvalue weighted by Gasteiger charge is -2.05.